The van der Waals surface area contributed by atoms with Gasteiger partial charge in [0, 0.05) is 35.4 Å². The van der Waals surface area contributed by atoms with Crippen molar-refractivity contribution in [2.24, 2.45) is 0 Å². The third-order valence-corrected chi connectivity index (χ3v) is 5.16. The Bertz CT molecular complexity index is 964. The number of piperidine rings is 1. The van der Waals surface area contributed by atoms with Crippen LogP contribution in [-0.2, 0) is 6.67 Å². The highest BCUT2D eigenvalue weighted by atomic mass is 19.1. The van der Waals surface area contributed by atoms with Crippen LogP contribution in [0.15, 0.2) is 60.7 Å². The molecule has 3 aromatic rings. The minimum atomic E-state index is -0.487. The number of hydrogen-bond acceptors (Lipinski definition) is 2. The molecule has 27 heavy (non-hydrogen) atoms. The highest BCUT2D eigenvalue weighted by Gasteiger charge is 2.20. The summed E-state index contributed by atoms with van der Waals surface area (Å²) < 4.78 is 12.9. The average molecular weight is 362 g/mol. The van der Waals surface area contributed by atoms with Gasteiger partial charge in [0.2, 0.25) is 0 Å². The molecule has 138 valence electrons. The van der Waals surface area contributed by atoms with Crippen LogP contribution in [0.4, 0.5) is 15.8 Å². The van der Waals surface area contributed by atoms with Gasteiger partial charge in [-0.2, -0.15) is 0 Å². The number of hydrogen-bond donors (Lipinski definition) is 1. The summed E-state index contributed by atoms with van der Waals surface area (Å²) in [6.07, 6.45) is 3.35. The Kier molecular flexibility index (Phi) is 5.05. The molecule has 0 aliphatic carbocycles. The van der Waals surface area contributed by atoms with Crippen molar-refractivity contribution in [1.29, 1.82) is 0 Å². The maximum Gasteiger partial charge on any atom is 0.254 e. The predicted molar refractivity (Wildman–Crippen MR) is 108 cm³/mol. The number of nitrogens with one attached hydrogen (secondary N) is 1. The maximum atomic E-state index is 13.0. The van der Waals surface area contributed by atoms with E-state index in [0.717, 1.165) is 53.6 Å². The number of alkyl halides is 1. The quantitative estimate of drug-likeness (QED) is 0.648. The fourth-order valence-corrected chi connectivity index (χ4v) is 3.75. The fourth-order valence-electron chi connectivity index (χ4n) is 3.75. The van der Waals surface area contributed by atoms with Gasteiger partial charge in [-0.3, -0.25) is 4.79 Å². The molecule has 0 bridgehead atoms. The number of anilines is 2. The summed E-state index contributed by atoms with van der Waals surface area (Å²) in [4.78, 5) is 15.0. The standard InChI is InChI=1S/C23H23FN2O/c24-16-17-7-6-8-18(15-17)25-22-12-11-21(19-9-2-3-10-20(19)22)23(27)26-13-4-1-5-14-26/h2-3,6-12,15,25H,1,4-5,13-14,16H2. The largest absolute Gasteiger partial charge is 0.355 e. The van der Waals surface area contributed by atoms with Gasteiger partial charge in [-0.1, -0.05) is 36.4 Å². The van der Waals surface area contributed by atoms with E-state index in [0.29, 0.717) is 5.56 Å². The van der Waals surface area contributed by atoms with E-state index in [-0.39, 0.29) is 5.91 Å². The van der Waals surface area contributed by atoms with E-state index in [9.17, 15) is 9.18 Å². The van der Waals surface area contributed by atoms with Crippen LogP contribution >= 0.6 is 0 Å². The summed E-state index contributed by atoms with van der Waals surface area (Å²) in [6, 6.07) is 19.1. The summed E-state index contributed by atoms with van der Waals surface area (Å²) in [5, 5.41) is 5.31. The third kappa shape index (κ3) is 3.65. The fraction of sp³-hybridized carbons (Fsp3) is 0.261. The normalized spacial score (nSPS) is 14.3. The lowest BCUT2D eigenvalue weighted by Crippen LogP contribution is -2.35. The van der Waals surface area contributed by atoms with Crippen molar-refractivity contribution in [3.05, 3.63) is 71.8 Å². The maximum absolute atomic E-state index is 13.0. The Morgan fingerprint density at radius 1 is 0.926 bits per heavy atom. The molecule has 1 heterocycles. The molecule has 1 aliphatic heterocycles. The summed E-state index contributed by atoms with van der Waals surface area (Å²) in [7, 11) is 0. The van der Waals surface area contributed by atoms with Crippen LogP contribution in [0.5, 0.6) is 0 Å². The van der Waals surface area contributed by atoms with Crippen molar-refractivity contribution < 1.29 is 9.18 Å². The van der Waals surface area contributed by atoms with Gasteiger partial charge >= 0.3 is 0 Å². The number of carbonyl (C=O) groups excluding carboxylic acids is 1. The van der Waals surface area contributed by atoms with Gasteiger partial charge < -0.3 is 10.2 Å². The highest BCUT2D eigenvalue weighted by molar-refractivity contribution is 6.10. The zero-order valence-electron chi connectivity index (χ0n) is 15.2. The highest BCUT2D eigenvalue weighted by Crippen LogP contribution is 2.30. The van der Waals surface area contributed by atoms with E-state index in [2.05, 4.69) is 5.32 Å². The van der Waals surface area contributed by atoms with Gasteiger partial charge in [-0.15, -0.1) is 0 Å². The Hall–Kier alpha value is -2.88. The van der Waals surface area contributed by atoms with Crippen molar-refractivity contribution >= 4 is 28.1 Å². The number of fused-ring (bicyclic) bond motifs is 1. The Balaban J connectivity index is 1.70. The molecule has 0 aromatic heterocycles. The summed E-state index contributed by atoms with van der Waals surface area (Å²) in [5.74, 6) is 0.108. The van der Waals surface area contributed by atoms with E-state index in [4.69, 9.17) is 0 Å². The van der Waals surface area contributed by atoms with Crippen LogP contribution in [0.1, 0.15) is 35.2 Å². The molecule has 0 radical (unpaired) electrons. The topological polar surface area (TPSA) is 32.3 Å². The molecule has 1 saturated heterocycles. The van der Waals surface area contributed by atoms with Crippen LogP contribution in [0.3, 0.4) is 0 Å². The number of amides is 1. The molecular formula is C23H23FN2O. The van der Waals surface area contributed by atoms with Crippen LogP contribution in [0.2, 0.25) is 0 Å². The van der Waals surface area contributed by atoms with Crippen molar-refractivity contribution in [1.82, 2.24) is 4.90 Å². The van der Waals surface area contributed by atoms with Gasteiger partial charge in [0.25, 0.3) is 5.91 Å². The van der Waals surface area contributed by atoms with Crippen molar-refractivity contribution in [3.63, 3.8) is 0 Å². The number of halogens is 1. The van der Waals surface area contributed by atoms with Crippen molar-refractivity contribution in [2.75, 3.05) is 18.4 Å². The molecule has 4 rings (SSSR count). The third-order valence-electron chi connectivity index (χ3n) is 5.16. The SMILES string of the molecule is O=C(c1ccc(Nc2cccc(CF)c2)c2ccccc12)N1CCCCC1. The van der Waals surface area contributed by atoms with Crippen LogP contribution in [0.25, 0.3) is 10.8 Å². The van der Waals surface area contributed by atoms with Gasteiger partial charge in [-0.25, -0.2) is 4.39 Å². The predicted octanol–water partition coefficient (Wildman–Crippen LogP) is 5.68. The molecule has 3 nitrogen and oxygen atoms in total. The lowest BCUT2D eigenvalue weighted by atomic mass is 10.0. The van der Waals surface area contributed by atoms with Gasteiger partial charge in [0.1, 0.15) is 6.67 Å². The smallest absolute Gasteiger partial charge is 0.254 e. The van der Waals surface area contributed by atoms with Crippen molar-refractivity contribution in [2.45, 2.75) is 25.9 Å². The first-order valence-corrected chi connectivity index (χ1v) is 9.49. The van der Waals surface area contributed by atoms with E-state index >= 15 is 0 Å². The first-order valence-electron chi connectivity index (χ1n) is 9.49. The average Bonchev–Trinajstić information content (AvgIpc) is 2.74. The van der Waals surface area contributed by atoms with Crippen molar-refractivity contribution in [3.8, 4) is 0 Å². The van der Waals surface area contributed by atoms with Crippen LogP contribution in [-0.4, -0.2) is 23.9 Å². The monoisotopic (exact) mass is 362 g/mol. The lowest BCUT2D eigenvalue weighted by molar-refractivity contribution is 0.0726. The first kappa shape index (κ1) is 17.5. The number of benzene rings is 3. The number of rotatable bonds is 4. The zero-order chi connectivity index (χ0) is 18.6. The van der Waals surface area contributed by atoms with Gasteiger partial charge in [0.05, 0.1) is 0 Å². The number of likely N-dealkylation sites (tertiary alicyclic amines) is 1. The van der Waals surface area contributed by atoms with E-state index in [1.54, 1.807) is 6.07 Å². The molecule has 1 N–H and O–H groups in total. The molecule has 4 heteroatoms. The van der Waals surface area contributed by atoms with E-state index in [1.165, 1.54) is 6.42 Å². The Labute approximate surface area is 158 Å². The second kappa shape index (κ2) is 7.78. The molecular weight excluding hydrogens is 339 g/mol. The van der Waals surface area contributed by atoms with Crippen LogP contribution in [0, 0.1) is 0 Å². The molecule has 0 saturated carbocycles. The van der Waals surface area contributed by atoms with Gasteiger partial charge in [-0.05, 0) is 54.5 Å². The zero-order valence-corrected chi connectivity index (χ0v) is 15.2. The van der Waals surface area contributed by atoms with E-state index < -0.39 is 6.67 Å². The minimum absolute atomic E-state index is 0.108. The Morgan fingerprint density at radius 2 is 1.70 bits per heavy atom. The molecule has 0 spiro atoms. The molecule has 1 fully saturated rings. The molecule has 1 amide bonds. The molecule has 0 atom stereocenters. The number of nitrogens with zero attached hydrogens (tertiary/aromatic N) is 1. The second-order valence-electron chi connectivity index (χ2n) is 7.02. The Morgan fingerprint density at radius 3 is 2.48 bits per heavy atom. The number of carbonyl (C=O) groups is 1. The molecule has 3 aromatic carbocycles. The second-order valence-corrected chi connectivity index (χ2v) is 7.02. The first-order chi connectivity index (χ1) is 13.3. The van der Waals surface area contributed by atoms with E-state index in [1.807, 2.05) is 59.5 Å². The summed E-state index contributed by atoms with van der Waals surface area (Å²) in [6.45, 7) is 1.19. The van der Waals surface area contributed by atoms with Crippen LogP contribution < -0.4 is 5.32 Å². The lowest BCUT2D eigenvalue weighted by Gasteiger charge is -2.27. The molecule has 0 unspecified atom stereocenters. The minimum Gasteiger partial charge on any atom is -0.355 e. The summed E-state index contributed by atoms with van der Waals surface area (Å²) in [5.41, 5.74) is 3.14. The van der Waals surface area contributed by atoms with Gasteiger partial charge in [0.15, 0.2) is 0 Å². The molecule has 1 aliphatic rings. The summed E-state index contributed by atoms with van der Waals surface area (Å²) >= 11 is 0.